The molecule has 0 aromatic heterocycles. The van der Waals surface area contributed by atoms with E-state index in [0.29, 0.717) is 25.7 Å². The molecular formula is C59H94O15. The van der Waals surface area contributed by atoms with Gasteiger partial charge in [0.05, 0.1) is 19.8 Å². The van der Waals surface area contributed by atoms with Crippen molar-refractivity contribution < 1.29 is 73.8 Å². The van der Waals surface area contributed by atoms with Gasteiger partial charge in [0.2, 0.25) is 0 Å². The Kier molecular flexibility index (Phi) is 39.7. The number of aliphatic hydroxyl groups excluding tert-OH is 7. The van der Waals surface area contributed by atoms with Gasteiger partial charge >= 0.3 is 11.9 Å². The number of hydrogen-bond donors (Lipinski definition) is 7. The minimum Gasteiger partial charge on any atom is -0.462 e. The molecule has 2 fully saturated rings. The van der Waals surface area contributed by atoms with Crippen LogP contribution in [0.3, 0.4) is 0 Å². The molecule has 11 atom stereocenters. The van der Waals surface area contributed by atoms with E-state index in [1.54, 1.807) is 0 Å². The van der Waals surface area contributed by atoms with Crippen molar-refractivity contribution in [1.29, 1.82) is 0 Å². The van der Waals surface area contributed by atoms with Crippen LogP contribution in [0, 0.1) is 0 Å². The van der Waals surface area contributed by atoms with Crippen molar-refractivity contribution >= 4 is 11.9 Å². The normalized spacial score (nSPS) is 25.5. The highest BCUT2D eigenvalue weighted by molar-refractivity contribution is 5.70. The Morgan fingerprint density at radius 3 is 1.34 bits per heavy atom. The van der Waals surface area contributed by atoms with Crippen LogP contribution < -0.4 is 0 Å². The van der Waals surface area contributed by atoms with E-state index in [1.807, 2.05) is 18.2 Å². The SMILES string of the molecule is CC/C=C/C/C=C/C/C=C/C/C=C/C/C=C/CCCC(=O)O[C@@H](COC(=O)CCC/C=C/C/C=C/C/C=C/C/C=C/CCCCCCCCC)CO[C@@H]1O[C@H](CO[C@@H]2O[C@H](CO)[C@H](O)C(O)C2O)[C@H](O)C(O)C1O. The number of allylic oxidation sites excluding steroid dienone is 18. The van der Waals surface area contributed by atoms with Gasteiger partial charge in [-0.25, -0.2) is 0 Å². The molecular weight excluding hydrogens is 949 g/mol. The van der Waals surface area contributed by atoms with Crippen LogP contribution in [0.1, 0.15) is 155 Å². The molecule has 0 bridgehead atoms. The van der Waals surface area contributed by atoms with Crippen molar-refractivity contribution in [2.75, 3.05) is 26.4 Å². The molecule has 4 unspecified atom stereocenters. The zero-order chi connectivity index (χ0) is 53.9. The van der Waals surface area contributed by atoms with Gasteiger partial charge in [-0.1, -0.05) is 162 Å². The standard InChI is InChI=1S/C59H94O15/c1-3-5-7-9-11-13-15-17-19-21-22-23-24-26-27-29-31-33-35-37-39-41-50(61)69-44-47(72-51(62)42-40-38-36-34-32-30-28-25-20-18-16-14-12-10-8-6-4-2)45-70-58-57(68)55(66)53(64)49(74-58)46-71-59-56(67)54(65)52(63)48(43-60)73-59/h6,8,12,14,18-21,23-24,27-30,33-36,47-49,52-60,63-68H,3-5,7,9-11,13,15-17,22,25-26,31-32,37-46H2,1-2H3/b8-6+,14-12+,20-18+,21-19+,24-23+,29-27+,30-28+,35-33+,36-34+/t47-,48+,49+,52-,53-,54?,55?,56?,57?,58+,59+/m0/s1. The van der Waals surface area contributed by atoms with E-state index in [9.17, 15) is 45.3 Å². The molecule has 15 nitrogen and oxygen atoms in total. The number of unbranched alkanes of at least 4 members (excludes halogenated alkanes) is 9. The number of carbonyl (C=O) groups excluding carboxylic acids is 2. The molecule has 2 aliphatic heterocycles. The summed E-state index contributed by atoms with van der Waals surface area (Å²) in [7, 11) is 0. The van der Waals surface area contributed by atoms with Gasteiger partial charge in [-0.15, -0.1) is 0 Å². The van der Waals surface area contributed by atoms with E-state index < -0.39 is 99.3 Å². The summed E-state index contributed by atoms with van der Waals surface area (Å²) in [5, 5.41) is 72.2. The molecule has 15 heteroatoms. The number of rotatable bonds is 41. The van der Waals surface area contributed by atoms with Crippen LogP contribution in [0.5, 0.6) is 0 Å². The second-order valence-corrected chi connectivity index (χ2v) is 18.7. The molecule has 74 heavy (non-hydrogen) atoms. The third kappa shape index (κ3) is 31.3. The number of hydrogen-bond acceptors (Lipinski definition) is 15. The summed E-state index contributed by atoms with van der Waals surface area (Å²) in [4.78, 5) is 25.8. The maximum atomic E-state index is 13.0. The summed E-state index contributed by atoms with van der Waals surface area (Å²) in [6.45, 7) is 2.34. The molecule has 2 aliphatic rings. The second kappa shape index (κ2) is 44.3. The molecule has 0 radical (unpaired) electrons. The van der Waals surface area contributed by atoms with Crippen molar-refractivity contribution in [3.8, 4) is 0 Å². The third-order valence-electron chi connectivity index (χ3n) is 12.2. The van der Waals surface area contributed by atoms with Gasteiger partial charge < -0.3 is 64.2 Å². The lowest BCUT2D eigenvalue weighted by atomic mass is 9.98. The topological polar surface area (TPSA) is 231 Å². The molecule has 0 aromatic rings. The highest BCUT2D eigenvalue weighted by Gasteiger charge is 2.47. The van der Waals surface area contributed by atoms with Gasteiger partial charge in [0.1, 0.15) is 55.4 Å². The Labute approximate surface area is 442 Å². The van der Waals surface area contributed by atoms with Crippen LogP contribution in [-0.2, 0) is 38.0 Å². The Morgan fingerprint density at radius 2 is 0.851 bits per heavy atom. The molecule has 0 aliphatic carbocycles. The first-order valence-electron chi connectivity index (χ1n) is 27.5. The maximum absolute atomic E-state index is 13.0. The van der Waals surface area contributed by atoms with Crippen molar-refractivity contribution in [3.63, 3.8) is 0 Å². The highest BCUT2D eigenvalue weighted by Crippen LogP contribution is 2.26. The Morgan fingerprint density at radius 1 is 0.446 bits per heavy atom. The van der Waals surface area contributed by atoms with Crippen LogP contribution in [0.15, 0.2) is 109 Å². The summed E-state index contributed by atoms with van der Waals surface area (Å²) in [5.74, 6) is -1.07. The lowest BCUT2D eigenvalue weighted by molar-refractivity contribution is -0.332. The molecule has 0 saturated carbocycles. The first-order valence-corrected chi connectivity index (χ1v) is 27.5. The van der Waals surface area contributed by atoms with Gasteiger partial charge in [-0.2, -0.15) is 0 Å². The van der Waals surface area contributed by atoms with E-state index in [1.165, 1.54) is 44.9 Å². The fourth-order valence-corrected chi connectivity index (χ4v) is 7.77. The number of ether oxygens (including phenoxy) is 6. The van der Waals surface area contributed by atoms with Crippen molar-refractivity contribution in [3.05, 3.63) is 109 Å². The molecule has 2 rings (SSSR count). The molecule has 0 spiro atoms. The maximum Gasteiger partial charge on any atom is 0.306 e. The fourth-order valence-electron chi connectivity index (χ4n) is 7.77. The Balaban J connectivity index is 1.84. The highest BCUT2D eigenvalue weighted by atomic mass is 16.7. The first kappa shape index (κ1) is 66.3. The predicted molar refractivity (Wildman–Crippen MR) is 288 cm³/mol. The smallest absolute Gasteiger partial charge is 0.306 e. The van der Waals surface area contributed by atoms with E-state index in [-0.39, 0.29) is 19.4 Å². The summed E-state index contributed by atoms with van der Waals surface area (Å²) < 4.78 is 33.5. The zero-order valence-corrected chi connectivity index (χ0v) is 44.5. The van der Waals surface area contributed by atoms with Crippen LogP contribution in [0.25, 0.3) is 0 Å². The van der Waals surface area contributed by atoms with Gasteiger partial charge in [0.25, 0.3) is 0 Å². The van der Waals surface area contributed by atoms with Gasteiger partial charge in [0.15, 0.2) is 18.7 Å². The lowest BCUT2D eigenvalue weighted by Crippen LogP contribution is -2.61. The van der Waals surface area contributed by atoms with E-state index in [4.69, 9.17) is 28.4 Å². The Bertz CT molecular complexity index is 1700. The number of aliphatic hydroxyl groups is 7. The molecule has 7 N–H and O–H groups in total. The molecule has 0 amide bonds. The summed E-state index contributed by atoms with van der Waals surface area (Å²) >= 11 is 0. The largest absolute Gasteiger partial charge is 0.462 e. The Hall–Kier alpha value is -3.84. The monoisotopic (exact) mass is 1040 g/mol. The minimum atomic E-state index is -1.79. The van der Waals surface area contributed by atoms with Crippen LogP contribution in [0.4, 0.5) is 0 Å². The molecule has 420 valence electrons. The van der Waals surface area contributed by atoms with Gasteiger partial charge in [0, 0.05) is 12.8 Å². The molecule has 2 heterocycles. The van der Waals surface area contributed by atoms with Crippen molar-refractivity contribution in [2.24, 2.45) is 0 Å². The van der Waals surface area contributed by atoms with E-state index >= 15 is 0 Å². The van der Waals surface area contributed by atoms with Gasteiger partial charge in [-0.3, -0.25) is 9.59 Å². The minimum absolute atomic E-state index is 0.0683. The second-order valence-electron chi connectivity index (χ2n) is 18.7. The van der Waals surface area contributed by atoms with E-state index in [2.05, 4.69) is 105 Å². The average molecular weight is 1040 g/mol. The fraction of sp³-hybridized carbons (Fsp3) is 0.661. The lowest BCUT2D eigenvalue weighted by Gasteiger charge is -2.42. The van der Waals surface area contributed by atoms with Crippen LogP contribution in [-0.4, -0.2) is 142 Å². The van der Waals surface area contributed by atoms with E-state index in [0.717, 1.165) is 57.8 Å². The molecule has 2 saturated heterocycles. The quantitative estimate of drug-likeness (QED) is 0.0173. The predicted octanol–water partition coefficient (Wildman–Crippen LogP) is 8.71. The first-order chi connectivity index (χ1) is 36.0. The number of esters is 2. The van der Waals surface area contributed by atoms with Crippen molar-refractivity contribution in [1.82, 2.24) is 0 Å². The third-order valence-corrected chi connectivity index (χ3v) is 12.2. The molecule has 0 aromatic carbocycles. The summed E-state index contributed by atoms with van der Waals surface area (Å²) in [5.41, 5.74) is 0. The van der Waals surface area contributed by atoms with Crippen molar-refractivity contribution in [2.45, 2.75) is 223 Å². The zero-order valence-electron chi connectivity index (χ0n) is 44.5. The summed E-state index contributed by atoms with van der Waals surface area (Å²) in [6, 6.07) is 0. The summed E-state index contributed by atoms with van der Waals surface area (Å²) in [6.07, 6.45) is 41.3. The average Bonchev–Trinajstić information content (AvgIpc) is 3.39. The van der Waals surface area contributed by atoms with Crippen LogP contribution in [0.2, 0.25) is 0 Å². The van der Waals surface area contributed by atoms with Gasteiger partial charge in [-0.05, 0) is 89.9 Å². The number of carbonyl (C=O) groups is 2. The van der Waals surface area contributed by atoms with Crippen LogP contribution >= 0.6 is 0 Å².